The van der Waals surface area contributed by atoms with Crippen LogP contribution in [0.2, 0.25) is 0 Å². The zero-order valence-electron chi connectivity index (χ0n) is 18.4. The molecule has 4 heteroatoms. The second-order valence-electron chi connectivity index (χ2n) is 9.79. The average Bonchev–Trinajstić information content (AvgIpc) is 3.00. The molecule has 0 aliphatic carbocycles. The van der Waals surface area contributed by atoms with Gasteiger partial charge in [-0.05, 0) is 58.1 Å². The molecule has 2 heterocycles. The highest BCUT2D eigenvalue weighted by Gasteiger charge is 2.62. The maximum Gasteiger partial charge on any atom is 0.311 e. The largest absolute Gasteiger partial charge is 0.460 e. The summed E-state index contributed by atoms with van der Waals surface area (Å²) in [6.07, 6.45) is 1.53. The molecule has 4 nitrogen and oxygen atoms in total. The van der Waals surface area contributed by atoms with Gasteiger partial charge in [-0.1, -0.05) is 60.7 Å². The monoisotopic (exact) mass is 407 g/mol. The number of aliphatic hydroxyl groups is 1. The molecular weight excluding hydrogens is 374 g/mol. The Morgan fingerprint density at radius 3 is 2.27 bits per heavy atom. The zero-order chi connectivity index (χ0) is 21.5. The molecule has 1 N–H and O–H groups in total. The molecule has 5 atom stereocenters. The summed E-state index contributed by atoms with van der Waals surface area (Å²) in [6, 6.07) is 20.7. The first-order valence-corrected chi connectivity index (χ1v) is 11.0. The van der Waals surface area contributed by atoms with Crippen LogP contribution in [0.3, 0.4) is 0 Å². The predicted octanol–water partition coefficient (Wildman–Crippen LogP) is 4.83. The van der Waals surface area contributed by atoms with E-state index in [1.165, 1.54) is 5.56 Å². The van der Waals surface area contributed by atoms with E-state index in [-0.39, 0.29) is 24.0 Å². The SMILES string of the molecule is CC(c1ccccc1)N1[C@@H]2CC[C@H](O)[C@@]1(c1ccccc1)C[C@@H]2C(=O)OC(C)(C)C. The van der Waals surface area contributed by atoms with E-state index in [1.54, 1.807) is 0 Å². The van der Waals surface area contributed by atoms with Crippen molar-refractivity contribution in [3.63, 3.8) is 0 Å². The topological polar surface area (TPSA) is 49.8 Å². The van der Waals surface area contributed by atoms with Crippen LogP contribution in [0.5, 0.6) is 0 Å². The molecule has 2 aromatic carbocycles. The molecule has 2 aromatic rings. The van der Waals surface area contributed by atoms with Gasteiger partial charge in [0.1, 0.15) is 5.60 Å². The quantitative estimate of drug-likeness (QED) is 0.738. The van der Waals surface area contributed by atoms with Crippen molar-refractivity contribution >= 4 is 5.97 Å². The third-order valence-electron chi connectivity index (χ3n) is 6.78. The molecule has 1 unspecified atom stereocenters. The second-order valence-corrected chi connectivity index (χ2v) is 9.79. The Morgan fingerprint density at radius 1 is 1.07 bits per heavy atom. The summed E-state index contributed by atoms with van der Waals surface area (Å²) in [5.74, 6) is -0.405. The Morgan fingerprint density at radius 2 is 1.67 bits per heavy atom. The second kappa shape index (κ2) is 7.82. The van der Waals surface area contributed by atoms with Gasteiger partial charge in [0.25, 0.3) is 0 Å². The van der Waals surface area contributed by atoms with Gasteiger partial charge in [-0.2, -0.15) is 0 Å². The van der Waals surface area contributed by atoms with E-state index >= 15 is 0 Å². The number of aliphatic hydroxyl groups excluding tert-OH is 1. The number of hydrogen-bond acceptors (Lipinski definition) is 4. The molecule has 30 heavy (non-hydrogen) atoms. The zero-order valence-corrected chi connectivity index (χ0v) is 18.4. The third-order valence-corrected chi connectivity index (χ3v) is 6.78. The number of benzene rings is 2. The lowest BCUT2D eigenvalue weighted by Gasteiger charge is -2.51. The molecule has 0 aromatic heterocycles. The Hall–Kier alpha value is -2.17. The van der Waals surface area contributed by atoms with Crippen LogP contribution in [0.1, 0.15) is 64.1 Å². The van der Waals surface area contributed by atoms with Gasteiger partial charge in [-0.3, -0.25) is 9.69 Å². The fraction of sp³-hybridized carbons (Fsp3) is 0.500. The van der Waals surface area contributed by atoms with Crippen molar-refractivity contribution in [2.75, 3.05) is 0 Å². The standard InChI is InChI=1S/C26H33NO3/c1-18(19-11-7-5-8-12-19)27-22-15-16-23(28)26(27,20-13-9-6-10-14-20)17-21(22)24(29)30-25(2,3)4/h5-14,18,21-23,28H,15-17H2,1-4H3/t18?,21-,22+,23-,26-/m0/s1. The first kappa shape index (κ1) is 21.1. The van der Waals surface area contributed by atoms with E-state index in [4.69, 9.17) is 4.74 Å². The van der Waals surface area contributed by atoms with Crippen LogP contribution >= 0.6 is 0 Å². The number of ether oxygens (including phenoxy) is 1. The number of piperidine rings is 1. The summed E-state index contributed by atoms with van der Waals surface area (Å²) in [6.45, 7) is 7.93. The lowest BCUT2D eigenvalue weighted by atomic mass is 9.77. The lowest BCUT2D eigenvalue weighted by Crippen LogP contribution is -2.57. The van der Waals surface area contributed by atoms with Gasteiger partial charge in [0.2, 0.25) is 0 Å². The number of fused-ring (bicyclic) bond motifs is 2. The summed E-state index contributed by atoms with van der Waals surface area (Å²) in [5.41, 5.74) is 1.15. The fourth-order valence-electron chi connectivity index (χ4n) is 5.61. The van der Waals surface area contributed by atoms with Crippen molar-refractivity contribution in [2.45, 2.75) is 76.3 Å². The fourth-order valence-corrected chi connectivity index (χ4v) is 5.61. The Labute approximate surface area is 179 Å². The van der Waals surface area contributed by atoms with Crippen LogP contribution in [0.4, 0.5) is 0 Å². The van der Waals surface area contributed by atoms with Crippen LogP contribution in [0.15, 0.2) is 60.7 Å². The van der Waals surface area contributed by atoms with Crippen LogP contribution in [0.25, 0.3) is 0 Å². The minimum Gasteiger partial charge on any atom is -0.460 e. The smallest absolute Gasteiger partial charge is 0.311 e. The third kappa shape index (κ3) is 3.57. The van der Waals surface area contributed by atoms with Crippen molar-refractivity contribution in [1.29, 1.82) is 0 Å². The number of carbonyl (C=O) groups excluding carboxylic acids is 1. The first-order chi connectivity index (χ1) is 14.2. The maximum atomic E-state index is 13.3. The first-order valence-electron chi connectivity index (χ1n) is 11.0. The van der Waals surface area contributed by atoms with Crippen LogP contribution < -0.4 is 0 Å². The number of esters is 1. The highest BCUT2D eigenvalue weighted by Crippen LogP contribution is 2.56. The van der Waals surface area contributed by atoms with Crippen LogP contribution in [0, 0.1) is 5.92 Å². The number of rotatable bonds is 4. The van der Waals surface area contributed by atoms with Crippen LogP contribution in [-0.4, -0.2) is 33.7 Å². The summed E-state index contributed by atoms with van der Waals surface area (Å²) in [7, 11) is 0. The molecule has 160 valence electrons. The summed E-state index contributed by atoms with van der Waals surface area (Å²) in [4.78, 5) is 15.7. The molecule has 2 saturated heterocycles. The average molecular weight is 408 g/mol. The molecule has 0 spiro atoms. The molecule has 2 aliphatic rings. The van der Waals surface area contributed by atoms with Gasteiger partial charge in [-0.15, -0.1) is 0 Å². The van der Waals surface area contributed by atoms with Crippen molar-refractivity contribution in [2.24, 2.45) is 5.92 Å². The summed E-state index contributed by atoms with van der Waals surface area (Å²) in [5, 5.41) is 11.4. The minimum atomic E-state index is -0.596. The van der Waals surface area contributed by atoms with Crippen molar-refractivity contribution in [1.82, 2.24) is 4.90 Å². The number of hydrogen-bond donors (Lipinski definition) is 1. The molecule has 2 fully saturated rings. The van der Waals surface area contributed by atoms with Gasteiger partial charge in [-0.25, -0.2) is 0 Å². The van der Waals surface area contributed by atoms with Gasteiger partial charge >= 0.3 is 5.97 Å². The maximum absolute atomic E-state index is 13.3. The van der Waals surface area contributed by atoms with Crippen molar-refractivity contribution in [3.8, 4) is 0 Å². The Balaban J connectivity index is 1.81. The minimum absolute atomic E-state index is 0.0404. The number of nitrogens with zero attached hydrogens (tertiary/aromatic N) is 1. The van der Waals surface area contributed by atoms with E-state index in [2.05, 4.69) is 48.2 Å². The molecule has 2 aliphatic heterocycles. The Kier molecular flexibility index (Phi) is 5.50. The van der Waals surface area contributed by atoms with Gasteiger partial charge in [0.05, 0.1) is 17.6 Å². The predicted molar refractivity (Wildman–Crippen MR) is 118 cm³/mol. The van der Waals surface area contributed by atoms with E-state index in [0.29, 0.717) is 12.8 Å². The van der Waals surface area contributed by atoms with E-state index < -0.39 is 17.2 Å². The highest BCUT2D eigenvalue weighted by molar-refractivity contribution is 5.75. The van der Waals surface area contributed by atoms with E-state index in [1.807, 2.05) is 45.0 Å². The molecule has 0 amide bonds. The summed E-state index contributed by atoms with van der Waals surface area (Å²) < 4.78 is 5.83. The van der Waals surface area contributed by atoms with E-state index in [9.17, 15) is 9.90 Å². The summed E-state index contributed by atoms with van der Waals surface area (Å²) >= 11 is 0. The normalized spacial score (nSPS) is 30.1. The molecule has 4 rings (SSSR count). The molecular formula is C26H33NO3. The lowest BCUT2D eigenvalue weighted by molar-refractivity contribution is -0.161. The van der Waals surface area contributed by atoms with Crippen molar-refractivity contribution < 1.29 is 14.6 Å². The number of carbonyl (C=O) groups is 1. The molecule has 0 radical (unpaired) electrons. The highest BCUT2D eigenvalue weighted by atomic mass is 16.6. The Bertz CT molecular complexity index is 876. The molecule has 2 bridgehead atoms. The van der Waals surface area contributed by atoms with Crippen LogP contribution in [-0.2, 0) is 15.1 Å². The van der Waals surface area contributed by atoms with E-state index in [0.717, 1.165) is 12.0 Å². The van der Waals surface area contributed by atoms with Gasteiger partial charge < -0.3 is 9.84 Å². The van der Waals surface area contributed by atoms with Gasteiger partial charge in [0, 0.05) is 12.1 Å². The molecule has 0 saturated carbocycles. The van der Waals surface area contributed by atoms with Crippen molar-refractivity contribution in [3.05, 3.63) is 71.8 Å². The van der Waals surface area contributed by atoms with Gasteiger partial charge in [0.15, 0.2) is 0 Å².